The highest BCUT2D eigenvalue weighted by atomic mass is 35.5. The van der Waals surface area contributed by atoms with Crippen LogP contribution in [-0.4, -0.2) is 24.1 Å². The van der Waals surface area contributed by atoms with Crippen molar-refractivity contribution in [3.8, 4) is 16.9 Å². The number of carbonyl (C=O) groups is 2. The molecule has 0 saturated heterocycles. The fourth-order valence-electron chi connectivity index (χ4n) is 3.18. The lowest BCUT2D eigenvalue weighted by molar-refractivity contribution is 0.0691. The van der Waals surface area contributed by atoms with Crippen LogP contribution in [0.25, 0.3) is 11.1 Å². The summed E-state index contributed by atoms with van der Waals surface area (Å²) in [6.45, 7) is 1.82. The molecule has 0 atom stereocenters. The molecule has 5 nitrogen and oxygen atoms in total. The summed E-state index contributed by atoms with van der Waals surface area (Å²) in [5.41, 5.74) is 2.32. The van der Waals surface area contributed by atoms with Gasteiger partial charge in [0.25, 0.3) is 5.91 Å². The van der Waals surface area contributed by atoms with Crippen LogP contribution in [0, 0.1) is 12.7 Å². The zero-order valence-electron chi connectivity index (χ0n) is 16.6. The number of rotatable bonds is 6. The first-order chi connectivity index (χ1) is 14.7. The molecule has 0 aliphatic heterocycles. The number of benzene rings is 3. The Morgan fingerprint density at radius 3 is 2.45 bits per heavy atom. The Morgan fingerprint density at radius 1 is 1.06 bits per heavy atom. The number of carboxylic acid groups (broad SMARTS) is 1. The van der Waals surface area contributed by atoms with E-state index >= 15 is 0 Å². The maximum absolute atomic E-state index is 14.0. The van der Waals surface area contributed by atoms with E-state index < -0.39 is 17.3 Å². The summed E-state index contributed by atoms with van der Waals surface area (Å²) in [6, 6.07) is 12.3. The standard InChI is InChI=1S/C23H18Cl2FNO4/c1-12-7-20(26)18(23(29)30)10-17(12)13-3-6-21(31-2)14(8-13)11-27-22(28)16-5-4-15(24)9-19(16)25/h3-10H,11H2,1-2H3,(H,27,28)(H,29,30). The molecule has 1 amide bonds. The van der Waals surface area contributed by atoms with E-state index in [9.17, 15) is 19.1 Å². The Bertz CT molecular complexity index is 1180. The number of ether oxygens (including phenoxy) is 1. The molecule has 0 aliphatic carbocycles. The summed E-state index contributed by atoms with van der Waals surface area (Å²) >= 11 is 12.0. The van der Waals surface area contributed by atoms with Crippen LogP contribution < -0.4 is 10.1 Å². The third-order valence-electron chi connectivity index (χ3n) is 4.75. The second-order valence-electron chi connectivity index (χ2n) is 6.79. The smallest absolute Gasteiger partial charge is 0.338 e. The zero-order chi connectivity index (χ0) is 22.7. The highest BCUT2D eigenvalue weighted by molar-refractivity contribution is 6.36. The van der Waals surface area contributed by atoms with Crippen LogP contribution in [-0.2, 0) is 6.54 Å². The van der Waals surface area contributed by atoms with Crippen molar-refractivity contribution in [1.82, 2.24) is 5.32 Å². The maximum Gasteiger partial charge on any atom is 0.338 e. The van der Waals surface area contributed by atoms with Crippen molar-refractivity contribution < 1.29 is 23.8 Å². The molecule has 3 rings (SSSR count). The fraction of sp³-hybridized carbons (Fsp3) is 0.130. The molecule has 0 radical (unpaired) electrons. The van der Waals surface area contributed by atoms with Crippen LogP contribution in [0.2, 0.25) is 10.0 Å². The van der Waals surface area contributed by atoms with Crippen LogP contribution in [0.4, 0.5) is 4.39 Å². The van der Waals surface area contributed by atoms with Crippen molar-refractivity contribution in [2.45, 2.75) is 13.5 Å². The third-order valence-corrected chi connectivity index (χ3v) is 5.30. The summed E-state index contributed by atoms with van der Waals surface area (Å²) in [5, 5.41) is 12.7. The van der Waals surface area contributed by atoms with Crippen LogP contribution in [0.3, 0.4) is 0 Å². The van der Waals surface area contributed by atoms with Gasteiger partial charge in [0.15, 0.2) is 0 Å². The molecule has 0 aliphatic rings. The minimum atomic E-state index is -1.35. The van der Waals surface area contributed by atoms with Gasteiger partial charge in [-0.25, -0.2) is 9.18 Å². The number of hydrogen-bond acceptors (Lipinski definition) is 3. The van der Waals surface area contributed by atoms with E-state index in [1.165, 1.54) is 31.4 Å². The first-order valence-corrected chi connectivity index (χ1v) is 9.90. The molecule has 2 N–H and O–H groups in total. The lowest BCUT2D eigenvalue weighted by Crippen LogP contribution is -2.23. The van der Waals surface area contributed by atoms with E-state index in [1.807, 2.05) is 0 Å². The Labute approximate surface area is 188 Å². The topological polar surface area (TPSA) is 75.6 Å². The number of carboxylic acids is 1. The molecule has 8 heteroatoms. The molecule has 0 fully saturated rings. The van der Waals surface area contributed by atoms with E-state index in [0.29, 0.717) is 33.0 Å². The predicted octanol–water partition coefficient (Wildman–Crippen LogP) is 5.74. The molecule has 3 aromatic carbocycles. The maximum atomic E-state index is 14.0. The number of aromatic carboxylic acids is 1. The Balaban J connectivity index is 1.92. The third kappa shape index (κ3) is 4.98. The second kappa shape index (κ2) is 9.37. The quantitative estimate of drug-likeness (QED) is 0.490. The van der Waals surface area contributed by atoms with Crippen molar-refractivity contribution in [2.24, 2.45) is 0 Å². The van der Waals surface area contributed by atoms with Crippen molar-refractivity contribution >= 4 is 35.1 Å². The van der Waals surface area contributed by atoms with E-state index in [0.717, 1.165) is 0 Å². The first-order valence-electron chi connectivity index (χ1n) is 9.15. The average molecular weight is 462 g/mol. The van der Waals surface area contributed by atoms with Gasteiger partial charge < -0.3 is 15.2 Å². The summed E-state index contributed by atoms with van der Waals surface area (Å²) in [5.74, 6) is -2.00. The minimum Gasteiger partial charge on any atom is -0.496 e. The first kappa shape index (κ1) is 22.6. The number of carbonyl (C=O) groups excluding carboxylic acids is 1. The van der Waals surface area contributed by atoms with Gasteiger partial charge in [0.2, 0.25) is 0 Å². The van der Waals surface area contributed by atoms with Gasteiger partial charge in [-0.3, -0.25) is 4.79 Å². The molecule has 31 heavy (non-hydrogen) atoms. The Hall–Kier alpha value is -3.09. The number of methoxy groups -OCH3 is 1. The summed E-state index contributed by atoms with van der Waals surface area (Å²) < 4.78 is 19.3. The lowest BCUT2D eigenvalue weighted by Gasteiger charge is -2.14. The van der Waals surface area contributed by atoms with Gasteiger partial charge in [-0.2, -0.15) is 0 Å². The molecule has 0 saturated carbocycles. The van der Waals surface area contributed by atoms with Crippen molar-refractivity contribution in [3.05, 3.63) is 86.6 Å². The molecule has 0 unspecified atom stereocenters. The van der Waals surface area contributed by atoms with Crippen molar-refractivity contribution in [3.63, 3.8) is 0 Å². The monoisotopic (exact) mass is 461 g/mol. The van der Waals surface area contributed by atoms with Gasteiger partial charge in [0.1, 0.15) is 11.6 Å². The number of aryl methyl sites for hydroxylation is 1. The van der Waals surface area contributed by atoms with E-state index in [4.69, 9.17) is 27.9 Å². The van der Waals surface area contributed by atoms with Gasteiger partial charge in [-0.15, -0.1) is 0 Å². The van der Waals surface area contributed by atoms with Gasteiger partial charge in [0.05, 0.1) is 23.3 Å². The zero-order valence-corrected chi connectivity index (χ0v) is 18.1. The summed E-state index contributed by atoms with van der Waals surface area (Å²) in [6.07, 6.45) is 0. The second-order valence-corrected chi connectivity index (χ2v) is 7.63. The van der Waals surface area contributed by atoms with Gasteiger partial charge >= 0.3 is 5.97 Å². The Kier molecular flexibility index (Phi) is 6.83. The van der Waals surface area contributed by atoms with Crippen LogP contribution >= 0.6 is 23.2 Å². The lowest BCUT2D eigenvalue weighted by atomic mass is 9.96. The molecule has 3 aromatic rings. The number of halogens is 3. The van der Waals surface area contributed by atoms with Gasteiger partial charge in [-0.05, 0) is 66.1 Å². The molecule has 0 aromatic heterocycles. The average Bonchev–Trinajstić information content (AvgIpc) is 2.71. The largest absolute Gasteiger partial charge is 0.496 e. The summed E-state index contributed by atoms with van der Waals surface area (Å²) in [7, 11) is 1.50. The van der Waals surface area contributed by atoms with Crippen molar-refractivity contribution in [1.29, 1.82) is 0 Å². The van der Waals surface area contributed by atoms with Crippen molar-refractivity contribution in [2.75, 3.05) is 7.11 Å². The van der Waals surface area contributed by atoms with E-state index in [-0.39, 0.29) is 23.0 Å². The fourth-order valence-corrected chi connectivity index (χ4v) is 3.67. The van der Waals surface area contributed by atoms with E-state index in [1.54, 1.807) is 31.2 Å². The van der Waals surface area contributed by atoms with E-state index in [2.05, 4.69) is 5.32 Å². The minimum absolute atomic E-state index is 0.126. The molecule has 0 bridgehead atoms. The van der Waals surface area contributed by atoms with Gasteiger partial charge in [-0.1, -0.05) is 29.3 Å². The molecule has 0 spiro atoms. The highest BCUT2D eigenvalue weighted by Crippen LogP contribution is 2.31. The Morgan fingerprint density at radius 2 is 1.81 bits per heavy atom. The molecular weight excluding hydrogens is 444 g/mol. The SMILES string of the molecule is COc1ccc(-c2cc(C(=O)O)c(F)cc2C)cc1CNC(=O)c1ccc(Cl)cc1Cl. The summed E-state index contributed by atoms with van der Waals surface area (Å²) in [4.78, 5) is 23.8. The molecular formula is C23H18Cl2FNO4. The highest BCUT2D eigenvalue weighted by Gasteiger charge is 2.16. The number of nitrogens with one attached hydrogen (secondary N) is 1. The predicted molar refractivity (Wildman–Crippen MR) is 118 cm³/mol. The molecule has 160 valence electrons. The number of amides is 1. The van der Waals surface area contributed by atoms with Crippen LogP contribution in [0.15, 0.2) is 48.5 Å². The molecule has 0 heterocycles. The normalized spacial score (nSPS) is 10.6. The van der Waals surface area contributed by atoms with Crippen LogP contribution in [0.5, 0.6) is 5.75 Å². The van der Waals surface area contributed by atoms with Gasteiger partial charge in [0, 0.05) is 17.1 Å². The van der Waals surface area contributed by atoms with Crippen LogP contribution in [0.1, 0.15) is 31.8 Å². The number of hydrogen-bond donors (Lipinski definition) is 2.